The minimum Gasteiger partial charge on any atom is -0.371 e. The first kappa shape index (κ1) is 20.8. The molecule has 0 bridgehead atoms. The van der Waals surface area contributed by atoms with E-state index in [-0.39, 0.29) is 12.1 Å². The van der Waals surface area contributed by atoms with Crippen molar-refractivity contribution in [2.75, 3.05) is 44.2 Å². The van der Waals surface area contributed by atoms with Crippen molar-refractivity contribution in [1.82, 2.24) is 15.5 Å². The first-order chi connectivity index (χ1) is 13.4. The molecule has 0 saturated carbocycles. The van der Waals surface area contributed by atoms with E-state index < -0.39 is 11.6 Å². The molecule has 1 aromatic carbocycles. The summed E-state index contributed by atoms with van der Waals surface area (Å²) in [5.41, 5.74) is 0.694. The molecule has 156 valence electrons. The molecule has 5 nitrogen and oxygen atoms in total. The Kier molecular flexibility index (Phi) is 7.10. The quantitative estimate of drug-likeness (QED) is 0.779. The maximum absolute atomic E-state index is 13.4. The van der Waals surface area contributed by atoms with Gasteiger partial charge in [0.05, 0.1) is 0 Å². The number of carbonyl (C=O) groups excluding carboxylic acids is 1. The van der Waals surface area contributed by atoms with Crippen LogP contribution in [0.25, 0.3) is 0 Å². The fourth-order valence-corrected chi connectivity index (χ4v) is 4.17. The third-order valence-electron chi connectivity index (χ3n) is 5.65. The lowest BCUT2D eigenvalue weighted by molar-refractivity contribution is 0.177. The van der Waals surface area contributed by atoms with Gasteiger partial charge in [0.1, 0.15) is 0 Å². The summed E-state index contributed by atoms with van der Waals surface area (Å²) in [6, 6.07) is 4.14. The van der Waals surface area contributed by atoms with Crippen LogP contribution in [0.15, 0.2) is 18.2 Å². The Morgan fingerprint density at radius 2 is 1.89 bits per heavy atom. The summed E-state index contributed by atoms with van der Waals surface area (Å²) in [4.78, 5) is 16.7. The highest BCUT2D eigenvalue weighted by Gasteiger charge is 2.25. The number of amides is 2. The number of likely N-dealkylation sites (tertiary alicyclic amines) is 1. The number of carbonyl (C=O) groups is 1. The van der Waals surface area contributed by atoms with E-state index in [0.717, 1.165) is 58.1 Å². The van der Waals surface area contributed by atoms with E-state index in [9.17, 15) is 13.6 Å². The van der Waals surface area contributed by atoms with Gasteiger partial charge in [0.25, 0.3) is 0 Å². The van der Waals surface area contributed by atoms with E-state index in [0.29, 0.717) is 24.1 Å². The Morgan fingerprint density at radius 1 is 1.14 bits per heavy atom. The highest BCUT2D eigenvalue weighted by molar-refractivity contribution is 5.74. The van der Waals surface area contributed by atoms with Crippen LogP contribution in [0.2, 0.25) is 0 Å². The predicted molar refractivity (Wildman–Crippen MR) is 108 cm³/mol. The monoisotopic (exact) mass is 394 g/mol. The van der Waals surface area contributed by atoms with E-state index in [1.54, 1.807) is 6.07 Å². The minimum absolute atomic E-state index is 0.103. The number of halogens is 2. The molecule has 2 N–H and O–H groups in total. The molecule has 0 unspecified atom stereocenters. The predicted octanol–water partition coefficient (Wildman–Crippen LogP) is 3.21. The van der Waals surface area contributed by atoms with Crippen LogP contribution in [0.4, 0.5) is 19.3 Å². The van der Waals surface area contributed by atoms with Crippen molar-refractivity contribution in [3.05, 3.63) is 29.8 Å². The molecule has 2 aliphatic rings. The van der Waals surface area contributed by atoms with E-state index in [4.69, 9.17) is 0 Å². The van der Waals surface area contributed by atoms with Crippen LogP contribution in [-0.2, 0) is 0 Å². The molecule has 3 rings (SSSR count). The number of hydrogen-bond donors (Lipinski definition) is 2. The molecule has 0 radical (unpaired) electrons. The summed E-state index contributed by atoms with van der Waals surface area (Å²) in [6.45, 7) is 9.77. The summed E-state index contributed by atoms with van der Waals surface area (Å²) < 4.78 is 26.5. The van der Waals surface area contributed by atoms with Crippen LogP contribution in [0.5, 0.6) is 0 Å². The molecule has 1 aromatic rings. The number of anilines is 1. The average molecular weight is 395 g/mol. The number of hydrogen-bond acceptors (Lipinski definition) is 3. The highest BCUT2D eigenvalue weighted by Crippen LogP contribution is 2.25. The number of rotatable bonds is 6. The van der Waals surface area contributed by atoms with Gasteiger partial charge in [-0.15, -0.1) is 0 Å². The molecule has 1 atom stereocenters. The van der Waals surface area contributed by atoms with Gasteiger partial charge in [0, 0.05) is 57.1 Å². The maximum atomic E-state index is 13.4. The summed E-state index contributed by atoms with van der Waals surface area (Å²) in [5, 5.41) is 6.08. The van der Waals surface area contributed by atoms with Crippen molar-refractivity contribution < 1.29 is 13.6 Å². The van der Waals surface area contributed by atoms with E-state index in [1.807, 2.05) is 4.90 Å². The van der Waals surface area contributed by atoms with E-state index in [1.165, 1.54) is 6.07 Å². The third kappa shape index (κ3) is 5.80. The normalized spacial score (nSPS) is 21.3. The number of piperidine rings is 1. The van der Waals surface area contributed by atoms with Crippen molar-refractivity contribution in [3.63, 3.8) is 0 Å². The standard InChI is InChI=1S/C21H32F2N4O/c1-15(2)13-26-8-6-17(7-9-26)25-21(28)24-12-16-5-10-27(14-16)18-3-4-19(22)20(23)11-18/h3-4,11,15-17H,5-10,12-14H2,1-2H3,(H2,24,25,28)/t16-/m0/s1. The Balaban J connectivity index is 1.36. The van der Waals surface area contributed by atoms with Crippen LogP contribution >= 0.6 is 0 Å². The maximum Gasteiger partial charge on any atom is 0.315 e. The van der Waals surface area contributed by atoms with Crippen LogP contribution in [0, 0.1) is 23.5 Å². The van der Waals surface area contributed by atoms with Gasteiger partial charge in [-0.3, -0.25) is 0 Å². The summed E-state index contributed by atoms with van der Waals surface area (Å²) in [7, 11) is 0. The van der Waals surface area contributed by atoms with Gasteiger partial charge in [0.15, 0.2) is 11.6 Å². The van der Waals surface area contributed by atoms with Gasteiger partial charge >= 0.3 is 6.03 Å². The van der Waals surface area contributed by atoms with Gasteiger partial charge in [0.2, 0.25) is 0 Å². The minimum atomic E-state index is -0.826. The zero-order valence-electron chi connectivity index (χ0n) is 16.9. The highest BCUT2D eigenvalue weighted by atomic mass is 19.2. The molecule has 2 heterocycles. The Labute approximate surface area is 166 Å². The van der Waals surface area contributed by atoms with Gasteiger partial charge in [-0.05, 0) is 43.2 Å². The van der Waals surface area contributed by atoms with E-state index >= 15 is 0 Å². The molecule has 0 spiro atoms. The van der Waals surface area contributed by atoms with Gasteiger partial charge in [-0.25, -0.2) is 13.6 Å². The molecule has 2 fully saturated rings. The lowest BCUT2D eigenvalue weighted by Crippen LogP contribution is -2.49. The molecule has 2 amide bonds. The summed E-state index contributed by atoms with van der Waals surface area (Å²) in [6.07, 6.45) is 2.91. The largest absolute Gasteiger partial charge is 0.371 e. The molecular formula is C21H32F2N4O. The first-order valence-electron chi connectivity index (χ1n) is 10.4. The summed E-state index contributed by atoms with van der Waals surface area (Å²) in [5.74, 6) is -0.664. The average Bonchev–Trinajstić information content (AvgIpc) is 3.12. The second-order valence-electron chi connectivity index (χ2n) is 8.52. The third-order valence-corrected chi connectivity index (χ3v) is 5.65. The molecular weight excluding hydrogens is 362 g/mol. The number of urea groups is 1. The molecule has 2 aliphatic heterocycles. The van der Waals surface area contributed by atoms with Crippen molar-refractivity contribution >= 4 is 11.7 Å². The topological polar surface area (TPSA) is 47.6 Å². The number of nitrogens with one attached hydrogen (secondary N) is 2. The SMILES string of the molecule is CC(C)CN1CCC(NC(=O)NC[C@@H]2CCN(c3ccc(F)c(F)c3)C2)CC1. The lowest BCUT2D eigenvalue weighted by atomic mass is 10.0. The van der Waals surface area contributed by atoms with Gasteiger partial charge < -0.3 is 20.4 Å². The lowest BCUT2D eigenvalue weighted by Gasteiger charge is -2.33. The fraction of sp³-hybridized carbons (Fsp3) is 0.667. The van der Waals surface area contributed by atoms with Gasteiger partial charge in [-0.1, -0.05) is 13.8 Å². The molecule has 2 saturated heterocycles. The van der Waals surface area contributed by atoms with E-state index in [2.05, 4.69) is 29.4 Å². The van der Waals surface area contributed by atoms with Gasteiger partial charge in [-0.2, -0.15) is 0 Å². The summed E-state index contributed by atoms with van der Waals surface area (Å²) >= 11 is 0. The van der Waals surface area contributed by atoms with Crippen molar-refractivity contribution in [3.8, 4) is 0 Å². The molecule has 7 heteroatoms. The van der Waals surface area contributed by atoms with Crippen molar-refractivity contribution in [2.24, 2.45) is 11.8 Å². The zero-order valence-corrected chi connectivity index (χ0v) is 16.9. The second kappa shape index (κ2) is 9.54. The Morgan fingerprint density at radius 3 is 2.57 bits per heavy atom. The Hall–Kier alpha value is -1.89. The fourth-order valence-electron chi connectivity index (χ4n) is 4.17. The van der Waals surface area contributed by atoms with Crippen LogP contribution in [0.1, 0.15) is 33.1 Å². The van der Waals surface area contributed by atoms with Crippen LogP contribution in [0.3, 0.4) is 0 Å². The zero-order chi connectivity index (χ0) is 20.1. The Bertz CT molecular complexity index is 662. The van der Waals surface area contributed by atoms with Crippen molar-refractivity contribution in [1.29, 1.82) is 0 Å². The smallest absolute Gasteiger partial charge is 0.315 e. The number of nitrogens with zero attached hydrogens (tertiary/aromatic N) is 2. The van der Waals surface area contributed by atoms with Crippen molar-refractivity contribution in [2.45, 2.75) is 39.2 Å². The van der Waals surface area contributed by atoms with Crippen LogP contribution < -0.4 is 15.5 Å². The van der Waals surface area contributed by atoms with Crippen LogP contribution in [-0.4, -0.2) is 56.2 Å². The second-order valence-corrected chi connectivity index (χ2v) is 8.52. The number of benzene rings is 1. The molecule has 0 aromatic heterocycles. The molecule has 28 heavy (non-hydrogen) atoms. The first-order valence-corrected chi connectivity index (χ1v) is 10.4. The molecule has 0 aliphatic carbocycles.